The van der Waals surface area contributed by atoms with Crippen molar-refractivity contribution in [2.24, 2.45) is 0 Å². The Kier molecular flexibility index (Phi) is 6.12. The monoisotopic (exact) mass is 285 g/mol. The standard InChI is InChI=1S/C12H22F3NO3/c1-8(2)16(10(18)19-11(3,4)5)7-6-9(17)12(13,14)15/h8-9,17H,6-7H2,1-5H3. The molecule has 19 heavy (non-hydrogen) atoms. The average Bonchev–Trinajstić information content (AvgIpc) is 2.12. The number of rotatable bonds is 4. The van der Waals surface area contributed by atoms with E-state index in [-0.39, 0.29) is 12.6 Å². The molecule has 1 unspecified atom stereocenters. The molecular formula is C12H22F3NO3. The Balaban J connectivity index is 4.56. The van der Waals surface area contributed by atoms with Crippen molar-refractivity contribution in [1.29, 1.82) is 0 Å². The van der Waals surface area contributed by atoms with E-state index in [1.165, 1.54) is 4.90 Å². The second kappa shape index (κ2) is 6.45. The number of hydrogen-bond donors (Lipinski definition) is 1. The Bertz CT molecular complexity index is 298. The van der Waals surface area contributed by atoms with Gasteiger partial charge in [-0.05, 0) is 41.0 Å². The minimum absolute atomic E-state index is 0.215. The lowest BCUT2D eigenvalue weighted by Crippen LogP contribution is -2.43. The number of carbonyl (C=O) groups excluding carboxylic acids is 1. The van der Waals surface area contributed by atoms with Crippen molar-refractivity contribution < 1.29 is 27.8 Å². The van der Waals surface area contributed by atoms with Crippen molar-refractivity contribution >= 4 is 6.09 Å². The zero-order valence-electron chi connectivity index (χ0n) is 11.9. The molecule has 0 fully saturated rings. The summed E-state index contributed by atoms with van der Waals surface area (Å²) in [4.78, 5) is 13.0. The van der Waals surface area contributed by atoms with Gasteiger partial charge in [0.05, 0.1) is 0 Å². The van der Waals surface area contributed by atoms with Gasteiger partial charge < -0.3 is 14.7 Å². The topological polar surface area (TPSA) is 49.8 Å². The molecule has 7 heteroatoms. The first-order valence-corrected chi connectivity index (χ1v) is 6.09. The summed E-state index contributed by atoms with van der Waals surface area (Å²) in [5, 5.41) is 8.93. The number of aliphatic hydroxyl groups is 1. The van der Waals surface area contributed by atoms with Crippen molar-refractivity contribution in [1.82, 2.24) is 4.90 Å². The highest BCUT2D eigenvalue weighted by atomic mass is 19.4. The second-order valence-corrected chi connectivity index (χ2v) is 5.61. The molecule has 1 N–H and O–H groups in total. The fraction of sp³-hybridized carbons (Fsp3) is 0.917. The van der Waals surface area contributed by atoms with Gasteiger partial charge in [-0.1, -0.05) is 0 Å². The van der Waals surface area contributed by atoms with Crippen molar-refractivity contribution in [3.8, 4) is 0 Å². The van der Waals surface area contributed by atoms with Gasteiger partial charge in [-0.25, -0.2) is 4.79 Å². The van der Waals surface area contributed by atoms with Crippen LogP contribution in [0.25, 0.3) is 0 Å². The van der Waals surface area contributed by atoms with Gasteiger partial charge in [0.15, 0.2) is 6.10 Å². The maximum atomic E-state index is 12.2. The average molecular weight is 285 g/mol. The molecular weight excluding hydrogens is 263 g/mol. The predicted octanol–water partition coefficient (Wildman–Crippen LogP) is 2.95. The summed E-state index contributed by atoms with van der Waals surface area (Å²) in [5.74, 6) is 0. The molecule has 0 heterocycles. The molecule has 0 aromatic rings. The van der Waals surface area contributed by atoms with Crippen LogP contribution in [0, 0.1) is 0 Å². The number of aliphatic hydroxyl groups excluding tert-OH is 1. The highest BCUT2D eigenvalue weighted by Gasteiger charge is 2.38. The van der Waals surface area contributed by atoms with Crippen molar-refractivity contribution in [3.05, 3.63) is 0 Å². The van der Waals surface area contributed by atoms with Crippen molar-refractivity contribution in [2.75, 3.05) is 6.54 Å². The predicted molar refractivity (Wildman–Crippen MR) is 64.8 cm³/mol. The van der Waals surface area contributed by atoms with Crippen LogP contribution in [-0.2, 0) is 4.74 Å². The van der Waals surface area contributed by atoms with E-state index in [4.69, 9.17) is 9.84 Å². The highest BCUT2D eigenvalue weighted by Crippen LogP contribution is 2.23. The fourth-order valence-electron chi connectivity index (χ4n) is 1.31. The summed E-state index contributed by atoms with van der Waals surface area (Å²) in [6.45, 7) is 8.15. The summed E-state index contributed by atoms with van der Waals surface area (Å²) in [6, 6.07) is -0.310. The zero-order chi connectivity index (χ0) is 15.4. The number of carbonyl (C=O) groups is 1. The Hall–Kier alpha value is -0.980. The molecule has 0 aliphatic rings. The van der Waals surface area contributed by atoms with Crippen LogP contribution < -0.4 is 0 Å². The molecule has 0 rings (SSSR count). The van der Waals surface area contributed by atoms with Crippen LogP contribution in [0.15, 0.2) is 0 Å². The van der Waals surface area contributed by atoms with Crippen LogP contribution in [0.2, 0.25) is 0 Å². The first-order chi connectivity index (χ1) is 8.34. The third kappa shape index (κ3) is 7.25. The molecule has 114 valence electrons. The maximum absolute atomic E-state index is 12.2. The SMILES string of the molecule is CC(C)N(CCC(O)C(F)(F)F)C(=O)OC(C)(C)C. The first-order valence-electron chi connectivity index (χ1n) is 6.09. The van der Waals surface area contributed by atoms with Crippen LogP contribution in [-0.4, -0.2) is 46.6 Å². The van der Waals surface area contributed by atoms with E-state index in [1.54, 1.807) is 34.6 Å². The van der Waals surface area contributed by atoms with E-state index in [0.29, 0.717) is 0 Å². The maximum Gasteiger partial charge on any atom is 0.414 e. The molecule has 0 bridgehead atoms. The smallest absolute Gasteiger partial charge is 0.414 e. The summed E-state index contributed by atoms with van der Waals surface area (Å²) < 4.78 is 41.7. The first kappa shape index (κ1) is 18.0. The molecule has 0 spiro atoms. The van der Waals surface area contributed by atoms with Gasteiger partial charge in [0.2, 0.25) is 0 Å². The van der Waals surface area contributed by atoms with E-state index in [2.05, 4.69) is 0 Å². The van der Waals surface area contributed by atoms with Gasteiger partial charge >= 0.3 is 12.3 Å². The Labute approximate surface area is 111 Å². The van der Waals surface area contributed by atoms with Gasteiger partial charge in [0.1, 0.15) is 5.60 Å². The Morgan fingerprint density at radius 3 is 2.05 bits per heavy atom. The molecule has 1 amide bonds. The van der Waals surface area contributed by atoms with Gasteiger partial charge in [-0.3, -0.25) is 0 Å². The molecule has 0 aromatic carbocycles. The normalized spacial score (nSPS) is 14.4. The van der Waals surface area contributed by atoms with Crippen LogP contribution >= 0.6 is 0 Å². The van der Waals surface area contributed by atoms with E-state index < -0.39 is 30.4 Å². The zero-order valence-corrected chi connectivity index (χ0v) is 11.9. The fourth-order valence-corrected chi connectivity index (χ4v) is 1.31. The highest BCUT2D eigenvalue weighted by molar-refractivity contribution is 5.68. The third-order valence-corrected chi connectivity index (χ3v) is 2.27. The number of alkyl halides is 3. The van der Waals surface area contributed by atoms with E-state index >= 15 is 0 Å². The van der Waals surface area contributed by atoms with Gasteiger partial charge in [0, 0.05) is 12.6 Å². The van der Waals surface area contributed by atoms with E-state index in [0.717, 1.165) is 0 Å². The number of ether oxygens (including phenoxy) is 1. The van der Waals surface area contributed by atoms with Crippen LogP contribution in [0.3, 0.4) is 0 Å². The number of nitrogens with zero attached hydrogens (tertiary/aromatic N) is 1. The molecule has 0 aliphatic carbocycles. The summed E-state index contributed by atoms with van der Waals surface area (Å²) in [5.41, 5.74) is -0.715. The summed E-state index contributed by atoms with van der Waals surface area (Å²) in [7, 11) is 0. The molecule has 0 aromatic heterocycles. The summed E-state index contributed by atoms with van der Waals surface area (Å²) >= 11 is 0. The van der Waals surface area contributed by atoms with Crippen molar-refractivity contribution in [2.45, 2.75) is 65.0 Å². The molecule has 0 saturated carbocycles. The van der Waals surface area contributed by atoms with Crippen LogP contribution in [0.1, 0.15) is 41.0 Å². The van der Waals surface area contributed by atoms with E-state index in [9.17, 15) is 18.0 Å². The molecule has 0 aliphatic heterocycles. The minimum Gasteiger partial charge on any atom is -0.444 e. The van der Waals surface area contributed by atoms with Gasteiger partial charge in [-0.2, -0.15) is 13.2 Å². The largest absolute Gasteiger partial charge is 0.444 e. The lowest BCUT2D eigenvalue weighted by atomic mass is 10.2. The van der Waals surface area contributed by atoms with E-state index in [1.807, 2.05) is 0 Å². The molecule has 4 nitrogen and oxygen atoms in total. The number of halogens is 3. The minimum atomic E-state index is -4.67. The lowest BCUT2D eigenvalue weighted by Gasteiger charge is -2.30. The molecule has 0 radical (unpaired) electrons. The van der Waals surface area contributed by atoms with Crippen LogP contribution in [0.5, 0.6) is 0 Å². The van der Waals surface area contributed by atoms with Gasteiger partial charge in [0.25, 0.3) is 0 Å². The summed E-state index contributed by atoms with van der Waals surface area (Å²) in [6.07, 6.45) is -8.36. The van der Waals surface area contributed by atoms with Crippen LogP contribution in [0.4, 0.5) is 18.0 Å². The third-order valence-electron chi connectivity index (χ3n) is 2.27. The quantitative estimate of drug-likeness (QED) is 0.864. The second-order valence-electron chi connectivity index (χ2n) is 5.61. The molecule has 0 saturated heterocycles. The number of hydrogen-bond acceptors (Lipinski definition) is 3. The van der Waals surface area contributed by atoms with Crippen molar-refractivity contribution in [3.63, 3.8) is 0 Å². The number of amides is 1. The molecule has 1 atom stereocenters. The Morgan fingerprint density at radius 1 is 1.26 bits per heavy atom. The lowest BCUT2D eigenvalue weighted by molar-refractivity contribution is -0.206. The van der Waals surface area contributed by atoms with Gasteiger partial charge in [-0.15, -0.1) is 0 Å². The Morgan fingerprint density at radius 2 is 1.74 bits per heavy atom.